The van der Waals surface area contributed by atoms with Crippen molar-refractivity contribution in [1.82, 2.24) is 5.32 Å². The summed E-state index contributed by atoms with van der Waals surface area (Å²) in [6.07, 6.45) is 0. The average molecular weight is 294 g/mol. The van der Waals surface area contributed by atoms with Gasteiger partial charge in [0.25, 0.3) is 0 Å². The Labute approximate surface area is 98.0 Å². The summed E-state index contributed by atoms with van der Waals surface area (Å²) in [6, 6.07) is 3.59. The van der Waals surface area contributed by atoms with E-state index in [1.807, 2.05) is 12.1 Å². The predicted molar refractivity (Wildman–Crippen MR) is 61.8 cm³/mol. The van der Waals surface area contributed by atoms with E-state index in [1.165, 1.54) is 4.88 Å². The molecule has 0 saturated carbocycles. The molecule has 0 aliphatic carbocycles. The molecule has 2 atom stereocenters. The fraction of sp³-hybridized carbons (Fsp3) is 0.375. The second kappa shape index (κ2) is 4.22. The van der Waals surface area contributed by atoms with Crippen LogP contribution in [0.2, 0.25) is 0 Å². The van der Waals surface area contributed by atoms with Crippen molar-refractivity contribution in [2.24, 2.45) is 0 Å². The first kappa shape index (κ1) is 10.5. The van der Waals surface area contributed by atoms with Crippen molar-refractivity contribution in [3.63, 3.8) is 0 Å². The highest BCUT2D eigenvalue weighted by molar-refractivity contribution is 9.11. The number of rotatable bonds is 2. The number of thiophene rings is 1. The molecular formula is C8H8BrNO2S2. The van der Waals surface area contributed by atoms with Crippen molar-refractivity contribution in [3.05, 3.63) is 20.8 Å². The first-order chi connectivity index (χ1) is 6.66. The van der Waals surface area contributed by atoms with Crippen molar-refractivity contribution in [2.45, 2.75) is 11.4 Å². The first-order valence-electron chi connectivity index (χ1n) is 4.02. The van der Waals surface area contributed by atoms with Gasteiger partial charge in [-0.15, -0.1) is 23.1 Å². The Morgan fingerprint density at radius 2 is 2.43 bits per heavy atom. The van der Waals surface area contributed by atoms with Gasteiger partial charge in [-0.1, -0.05) is 0 Å². The van der Waals surface area contributed by atoms with E-state index in [-0.39, 0.29) is 5.37 Å². The summed E-state index contributed by atoms with van der Waals surface area (Å²) in [5, 5.41) is 12.0. The molecule has 3 nitrogen and oxygen atoms in total. The van der Waals surface area contributed by atoms with E-state index in [2.05, 4.69) is 21.2 Å². The molecule has 1 aliphatic heterocycles. The van der Waals surface area contributed by atoms with Crippen LogP contribution in [0.1, 0.15) is 10.3 Å². The van der Waals surface area contributed by atoms with Crippen molar-refractivity contribution in [3.8, 4) is 0 Å². The molecule has 1 fully saturated rings. The minimum atomic E-state index is -0.768. The minimum absolute atomic E-state index is 0.132. The standard InChI is InChI=1S/C8H8BrNO2S2/c9-6-2-1-5(14-6)7-10-4(3-13-7)8(11)12/h1-2,4,7,10H,3H2,(H,11,12)/t4-,7?/m1/s1. The molecule has 1 unspecified atom stereocenters. The Morgan fingerprint density at radius 3 is 2.93 bits per heavy atom. The molecule has 14 heavy (non-hydrogen) atoms. The molecule has 0 radical (unpaired) electrons. The first-order valence-corrected chi connectivity index (χ1v) is 6.68. The summed E-state index contributed by atoms with van der Waals surface area (Å²) < 4.78 is 1.08. The van der Waals surface area contributed by atoms with E-state index in [0.717, 1.165) is 3.79 Å². The third-order valence-corrected chi connectivity index (χ3v) is 5.02. The number of halogens is 1. The number of carboxylic acids is 1. The molecular weight excluding hydrogens is 286 g/mol. The van der Waals surface area contributed by atoms with Gasteiger partial charge >= 0.3 is 5.97 Å². The fourth-order valence-corrected chi connectivity index (χ4v) is 4.09. The lowest BCUT2D eigenvalue weighted by Crippen LogP contribution is -2.33. The van der Waals surface area contributed by atoms with Gasteiger partial charge in [-0.2, -0.15) is 0 Å². The molecule has 0 amide bonds. The van der Waals surface area contributed by atoms with Crippen LogP contribution in [-0.4, -0.2) is 22.9 Å². The Hall–Kier alpha value is -0.0400. The number of thioether (sulfide) groups is 1. The highest BCUT2D eigenvalue weighted by Gasteiger charge is 2.30. The van der Waals surface area contributed by atoms with Gasteiger partial charge in [0, 0.05) is 10.6 Å². The highest BCUT2D eigenvalue weighted by atomic mass is 79.9. The second-order valence-corrected chi connectivity index (χ2v) is 6.55. The second-order valence-electron chi connectivity index (χ2n) is 2.91. The summed E-state index contributed by atoms with van der Waals surface area (Å²) in [5.41, 5.74) is 0. The van der Waals surface area contributed by atoms with Gasteiger partial charge in [0.05, 0.1) is 9.16 Å². The summed E-state index contributed by atoms with van der Waals surface area (Å²) in [7, 11) is 0. The number of aliphatic carboxylic acids is 1. The summed E-state index contributed by atoms with van der Waals surface area (Å²) in [5.74, 6) is -0.133. The summed E-state index contributed by atoms with van der Waals surface area (Å²) in [4.78, 5) is 11.9. The van der Waals surface area contributed by atoms with Crippen molar-refractivity contribution in [2.75, 3.05) is 5.75 Å². The molecule has 0 spiro atoms. The van der Waals surface area contributed by atoms with E-state index >= 15 is 0 Å². The van der Waals surface area contributed by atoms with E-state index < -0.39 is 12.0 Å². The molecule has 1 aliphatic rings. The number of carbonyl (C=O) groups is 1. The molecule has 2 heterocycles. The zero-order chi connectivity index (χ0) is 10.1. The van der Waals surface area contributed by atoms with Crippen LogP contribution in [0.5, 0.6) is 0 Å². The fourth-order valence-electron chi connectivity index (χ4n) is 1.25. The zero-order valence-electron chi connectivity index (χ0n) is 7.07. The normalized spacial score (nSPS) is 26.6. The van der Waals surface area contributed by atoms with Crippen LogP contribution < -0.4 is 5.32 Å². The quantitative estimate of drug-likeness (QED) is 0.878. The van der Waals surface area contributed by atoms with Crippen LogP contribution in [0.3, 0.4) is 0 Å². The molecule has 1 saturated heterocycles. The molecule has 0 bridgehead atoms. The van der Waals surface area contributed by atoms with E-state index in [1.54, 1.807) is 23.1 Å². The molecule has 1 aromatic rings. The average Bonchev–Trinajstić information content (AvgIpc) is 2.70. The van der Waals surface area contributed by atoms with Crippen LogP contribution in [-0.2, 0) is 4.79 Å². The van der Waals surface area contributed by atoms with Crippen molar-refractivity contribution in [1.29, 1.82) is 0 Å². The monoisotopic (exact) mass is 293 g/mol. The zero-order valence-corrected chi connectivity index (χ0v) is 10.3. The van der Waals surface area contributed by atoms with Crippen LogP contribution in [0.15, 0.2) is 15.9 Å². The third kappa shape index (κ3) is 2.13. The maximum atomic E-state index is 10.7. The Morgan fingerprint density at radius 1 is 1.64 bits per heavy atom. The predicted octanol–water partition coefficient (Wildman–Crippen LogP) is 2.30. The van der Waals surface area contributed by atoms with Gasteiger partial charge in [0.15, 0.2) is 0 Å². The number of hydrogen-bond acceptors (Lipinski definition) is 4. The van der Waals surface area contributed by atoms with Gasteiger partial charge in [0.2, 0.25) is 0 Å². The maximum Gasteiger partial charge on any atom is 0.321 e. The Balaban J connectivity index is 2.05. The van der Waals surface area contributed by atoms with Gasteiger partial charge in [-0.05, 0) is 28.1 Å². The van der Waals surface area contributed by atoms with E-state index in [9.17, 15) is 4.79 Å². The van der Waals surface area contributed by atoms with Crippen LogP contribution in [0.4, 0.5) is 0 Å². The highest BCUT2D eigenvalue weighted by Crippen LogP contribution is 2.37. The SMILES string of the molecule is O=C(O)[C@H]1CSC(c2ccc(Br)s2)N1. The van der Waals surface area contributed by atoms with Gasteiger partial charge < -0.3 is 5.11 Å². The topological polar surface area (TPSA) is 49.3 Å². The molecule has 6 heteroatoms. The van der Waals surface area contributed by atoms with E-state index in [4.69, 9.17) is 5.11 Å². The van der Waals surface area contributed by atoms with Crippen LogP contribution in [0, 0.1) is 0 Å². The lowest BCUT2D eigenvalue weighted by atomic mass is 10.3. The van der Waals surface area contributed by atoms with Gasteiger partial charge in [-0.3, -0.25) is 10.1 Å². The number of carboxylic acid groups (broad SMARTS) is 1. The van der Waals surface area contributed by atoms with Crippen molar-refractivity contribution < 1.29 is 9.90 Å². The van der Waals surface area contributed by atoms with E-state index in [0.29, 0.717) is 5.75 Å². The van der Waals surface area contributed by atoms with Crippen molar-refractivity contribution >= 4 is 45.0 Å². The maximum absolute atomic E-state index is 10.7. The smallest absolute Gasteiger partial charge is 0.321 e. The summed E-state index contributed by atoms with van der Waals surface area (Å²) >= 11 is 6.67. The lowest BCUT2D eigenvalue weighted by molar-refractivity contribution is -0.138. The van der Waals surface area contributed by atoms with Gasteiger partial charge in [0.1, 0.15) is 6.04 Å². The number of hydrogen-bond donors (Lipinski definition) is 2. The molecule has 0 aromatic carbocycles. The summed E-state index contributed by atoms with van der Waals surface area (Å²) in [6.45, 7) is 0. The largest absolute Gasteiger partial charge is 0.480 e. The molecule has 2 N–H and O–H groups in total. The molecule has 1 aromatic heterocycles. The number of nitrogens with one attached hydrogen (secondary N) is 1. The lowest BCUT2D eigenvalue weighted by Gasteiger charge is -2.07. The van der Waals surface area contributed by atoms with Crippen LogP contribution in [0.25, 0.3) is 0 Å². The third-order valence-electron chi connectivity index (χ3n) is 1.93. The molecule has 2 rings (SSSR count). The Kier molecular flexibility index (Phi) is 3.16. The Bertz CT molecular complexity index is 355. The molecule has 76 valence electrons. The minimum Gasteiger partial charge on any atom is -0.480 e. The van der Waals surface area contributed by atoms with Gasteiger partial charge in [-0.25, -0.2) is 0 Å². The van der Waals surface area contributed by atoms with Crippen LogP contribution >= 0.6 is 39.0 Å².